The zero-order valence-corrected chi connectivity index (χ0v) is 10.5. The van der Waals surface area contributed by atoms with Crippen LogP contribution in [0.15, 0.2) is 0 Å². The first-order chi connectivity index (χ1) is 8.88. The van der Waals surface area contributed by atoms with Crippen molar-refractivity contribution in [1.82, 2.24) is 15.0 Å². The van der Waals surface area contributed by atoms with Crippen LogP contribution in [-0.2, 0) is 17.7 Å². The van der Waals surface area contributed by atoms with Gasteiger partial charge in [0, 0.05) is 19.1 Å². The number of hydrogen-bond donors (Lipinski definition) is 0. The average Bonchev–Trinajstić information content (AvgIpc) is 2.89. The van der Waals surface area contributed by atoms with Crippen LogP contribution >= 0.6 is 0 Å². The molecule has 0 bridgehead atoms. The third kappa shape index (κ3) is 2.39. The molecule has 0 radical (unpaired) electrons. The summed E-state index contributed by atoms with van der Waals surface area (Å²) in [4.78, 5) is 0. The number of ether oxygens (including phenoxy) is 1. The maximum absolute atomic E-state index is 8.87. The minimum atomic E-state index is 0.356. The van der Waals surface area contributed by atoms with Crippen LogP contribution in [0.2, 0.25) is 0 Å². The molecule has 0 N–H and O–H groups in total. The van der Waals surface area contributed by atoms with Crippen LogP contribution in [0.1, 0.15) is 43.0 Å². The second-order valence-electron chi connectivity index (χ2n) is 5.27. The zero-order chi connectivity index (χ0) is 12.4. The van der Waals surface area contributed by atoms with Gasteiger partial charge in [-0.1, -0.05) is 18.1 Å². The monoisotopic (exact) mass is 246 g/mol. The van der Waals surface area contributed by atoms with Gasteiger partial charge in [-0.3, -0.25) is 0 Å². The summed E-state index contributed by atoms with van der Waals surface area (Å²) in [5.41, 5.74) is 2.00. The van der Waals surface area contributed by atoms with Gasteiger partial charge in [-0.05, 0) is 18.8 Å². The third-order valence-corrected chi connectivity index (χ3v) is 3.86. The van der Waals surface area contributed by atoms with Crippen LogP contribution < -0.4 is 0 Å². The molecule has 1 saturated carbocycles. The highest BCUT2D eigenvalue weighted by Crippen LogP contribution is 2.34. The molecule has 5 nitrogen and oxygen atoms in total. The molecule has 1 aliphatic carbocycles. The van der Waals surface area contributed by atoms with Gasteiger partial charge in [-0.15, -0.1) is 5.10 Å². The Hall–Kier alpha value is -1.41. The molecule has 3 rings (SSSR count). The number of rotatable bonds is 5. The van der Waals surface area contributed by atoms with Gasteiger partial charge in [0.25, 0.3) is 0 Å². The van der Waals surface area contributed by atoms with Gasteiger partial charge in [0.2, 0.25) is 0 Å². The highest BCUT2D eigenvalue weighted by Gasteiger charge is 2.27. The first-order valence-electron chi connectivity index (χ1n) is 6.75. The summed E-state index contributed by atoms with van der Waals surface area (Å²) >= 11 is 0. The normalized spacial score (nSPS) is 23.2. The molecule has 1 unspecified atom stereocenters. The lowest BCUT2D eigenvalue weighted by molar-refractivity contribution is 0.193. The van der Waals surface area contributed by atoms with E-state index in [0.29, 0.717) is 12.3 Å². The second kappa shape index (κ2) is 5.07. The summed E-state index contributed by atoms with van der Waals surface area (Å²) in [6.07, 6.45) is 5.30. The average molecular weight is 246 g/mol. The van der Waals surface area contributed by atoms with Crippen molar-refractivity contribution in [3.63, 3.8) is 0 Å². The molecule has 1 aromatic heterocycles. The molecule has 2 heterocycles. The molecular weight excluding hydrogens is 228 g/mol. The standard InChI is InChI=1S/C13H18N4O/c14-6-3-12-13(11-5-8-18-9-11)17(16-15-12)7-4-10-1-2-10/h10-11H,1-5,7-9H2. The maximum Gasteiger partial charge on any atom is 0.100 e. The minimum absolute atomic E-state index is 0.356. The fourth-order valence-corrected chi connectivity index (χ4v) is 2.63. The van der Waals surface area contributed by atoms with Crippen molar-refractivity contribution in [3.05, 3.63) is 11.4 Å². The van der Waals surface area contributed by atoms with E-state index in [9.17, 15) is 0 Å². The molecule has 2 fully saturated rings. The largest absolute Gasteiger partial charge is 0.381 e. The van der Waals surface area contributed by atoms with Crippen molar-refractivity contribution in [2.24, 2.45) is 5.92 Å². The molecular formula is C13H18N4O. The lowest BCUT2D eigenvalue weighted by atomic mass is 10.0. The van der Waals surface area contributed by atoms with Gasteiger partial charge in [-0.25, -0.2) is 4.68 Å². The fraction of sp³-hybridized carbons (Fsp3) is 0.769. The predicted molar refractivity (Wildman–Crippen MR) is 64.9 cm³/mol. The van der Waals surface area contributed by atoms with Gasteiger partial charge in [-0.2, -0.15) is 5.26 Å². The van der Waals surface area contributed by atoms with E-state index in [1.807, 2.05) is 4.68 Å². The van der Waals surface area contributed by atoms with Crippen LogP contribution in [0, 0.1) is 17.2 Å². The van der Waals surface area contributed by atoms with Gasteiger partial charge < -0.3 is 4.74 Å². The zero-order valence-electron chi connectivity index (χ0n) is 10.5. The summed E-state index contributed by atoms with van der Waals surface area (Å²) in [5.74, 6) is 1.27. The summed E-state index contributed by atoms with van der Waals surface area (Å²) in [6.45, 7) is 2.49. The third-order valence-electron chi connectivity index (χ3n) is 3.86. The molecule has 18 heavy (non-hydrogen) atoms. The Labute approximate surface area is 107 Å². The van der Waals surface area contributed by atoms with E-state index in [2.05, 4.69) is 16.4 Å². The summed E-state index contributed by atoms with van der Waals surface area (Å²) < 4.78 is 7.47. The first-order valence-corrected chi connectivity index (χ1v) is 6.75. The van der Waals surface area contributed by atoms with Crippen LogP contribution in [-0.4, -0.2) is 28.2 Å². The van der Waals surface area contributed by atoms with E-state index >= 15 is 0 Å². The van der Waals surface area contributed by atoms with E-state index in [4.69, 9.17) is 10.00 Å². The summed E-state index contributed by atoms with van der Waals surface area (Å²) in [5, 5.41) is 17.3. The quantitative estimate of drug-likeness (QED) is 0.792. The number of aromatic nitrogens is 3. The molecule has 0 aromatic carbocycles. The van der Waals surface area contributed by atoms with Gasteiger partial charge in [0.15, 0.2) is 0 Å². The Morgan fingerprint density at radius 3 is 2.94 bits per heavy atom. The minimum Gasteiger partial charge on any atom is -0.381 e. The van der Waals surface area contributed by atoms with E-state index in [1.54, 1.807) is 0 Å². The Morgan fingerprint density at radius 2 is 2.28 bits per heavy atom. The SMILES string of the molecule is N#CCc1nnn(CCC2CC2)c1C1CCOC1. The first kappa shape index (κ1) is 11.7. The highest BCUT2D eigenvalue weighted by atomic mass is 16.5. The van der Waals surface area contributed by atoms with Crippen molar-refractivity contribution < 1.29 is 4.74 Å². The van der Waals surface area contributed by atoms with E-state index in [-0.39, 0.29) is 0 Å². The van der Waals surface area contributed by atoms with E-state index in [1.165, 1.54) is 19.3 Å². The van der Waals surface area contributed by atoms with Crippen molar-refractivity contribution in [3.8, 4) is 6.07 Å². The predicted octanol–water partition coefficient (Wildman–Crippen LogP) is 1.65. The van der Waals surface area contributed by atoms with Crippen molar-refractivity contribution in [2.45, 2.75) is 44.6 Å². The summed E-state index contributed by atoms with van der Waals surface area (Å²) in [6, 6.07) is 2.18. The lowest BCUT2D eigenvalue weighted by Crippen LogP contribution is -2.12. The van der Waals surface area contributed by atoms with E-state index in [0.717, 1.165) is 43.5 Å². The Bertz CT molecular complexity index is 452. The van der Waals surface area contributed by atoms with Crippen molar-refractivity contribution >= 4 is 0 Å². The van der Waals surface area contributed by atoms with Crippen LogP contribution in [0.4, 0.5) is 0 Å². The molecule has 1 aromatic rings. The lowest BCUT2D eigenvalue weighted by Gasteiger charge is -2.11. The smallest absolute Gasteiger partial charge is 0.100 e. The molecule has 0 amide bonds. The second-order valence-corrected chi connectivity index (χ2v) is 5.27. The summed E-state index contributed by atoms with van der Waals surface area (Å²) in [7, 11) is 0. The van der Waals surface area contributed by atoms with Crippen LogP contribution in [0.5, 0.6) is 0 Å². The number of aryl methyl sites for hydroxylation is 1. The molecule has 5 heteroatoms. The molecule has 1 aliphatic heterocycles. The maximum atomic E-state index is 8.87. The number of nitrogens with zero attached hydrogens (tertiary/aromatic N) is 4. The molecule has 1 atom stereocenters. The number of nitriles is 1. The molecule has 0 spiro atoms. The Morgan fingerprint density at radius 1 is 1.39 bits per heavy atom. The van der Waals surface area contributed by atoms with Crippen LogP contribution in [0.3, 0.4) is 0 Å². The highest BCUT2D eigenvalue weighted by molar-refractivity contribution is 5.20. The Kier molecular flexibility index (Phi) is 3.28. The fourth-order valence-electron chi connectivity index (χ4n) is 2.63. The topological polar surface area (TPSA) is 63.7 Å². The van der Waals surface area contributed by atoms with E-state index < -0.39 is 0 Å². The van der Waals surface area contributed by atoms with Crippen LogP contribution in [0.25, 0.3) is 0 Å². The van der Waals surface area contributed by atoms with Crippen molar-refractivity contribution in [1.29, 1.82) is 5.26 Å². The van der Waals surface area contributed by atoms with Gasteiger partial charge in [0.1, 0.15) is 5.69 Å². The van der Waals surface area contributed by atoms with Gasteiger partial charge in [0.05, 0.1) is 24.8 Å². The Balaban J connectivity index is 1.79. The molecule has 96 valence electrons. The molecule has 1 saturated heterocycles. The molecule has 2 aliphatic rings. The van der Waals surface area contributed by atoms with Gasteiger partial charge >= 0.3 is 0 Å². The number of hydrogen-bond acceptors (Lipinski definition) is 4. The van der Waals surface area contributed by atoms with Crippen molar-refractivity contribution in [2.75, 3.05) is 13.2 Å².